The number of halogens is 2. The van der Waals surface area contributed by atoms with E-state index in [2.05, 4.69) is 39.3 Å². The summed E-state index contributed by atoms with van der Waals surface area (Å²) in [6.45, 7) is 10.9. The maximum Gasteiger partial charge on any atom is 0.259 e. The number of imide groups is 1. The van der Waals surface area contributed by atoms with Crippen LogP contribution in [0.3, 0.4) is 0 Å². The van der Waals surface area contributed by atoms with Crippen molar-refractivity contribution in [3.8, 4) is 0 Å². The number of carbonyl (C=O) groups excluding carboxylic acids is 3. The number of benzene rings is 4. The van der Waals surface area contributed by atoms with Crippen molar-refractivity contribution in [2.45, 2.75) is 31.8 Å². The molecule has 4 aromatic rings. The number of hydrogen-bond donors (Lipinski definition) is 1. The number of amides is 3. The van der Waals surface area contributed by atoms with Crippen molar-refractivity contribution >= 4 is 57.2 Å². The number of piperidine rings is 1. The van der Waals surface area contributed by atoms with Crippen molar-refractivity contribution in [3.63, 3.8) is 0 Å². The molecule has 2 saturated heterocycles. The number of carbonyl (C=O) groups is 3. The maximum absolute atomic E-state index is 14.5. The molecule has 4 aromatic carbocycles. The van der Waals surface area contributed by atoms with Crippen molar-refractivity contribution in [3.05, 3.63) is 111 Å². The Morgan fingerprint density at radius 3 is 2.36 bits per heavy atom. The molecule has 0 bridgehead atoms. The van der Waals surface area contributed by atoms with E-state index in [0.29, 0.717) is 47.2 Å². The van der Waals surface area contributed by atoms with Crippen LogP contribution in [-0.4, -0.2) is 54.8 Å². The Kier molecular flexibility index (Phi) is 7.48. The molecule has 226 valence electrons. The van der Waals surface area contributed by atoms with Gasteiger partial charge in [-0.3, -0.25) is 29.5 Å². The quantitative estimate of drug-likeness (QED) is 0.216. The lowest BCUT2D eigenvalue weighted by molar-refractivity contribution is -0.134. The Morgan fingerprint density at radius 2 is 1.64 bits per heavy atom. The van der Waals surface area contributed by atoms with Crippen LogP contribution in [-0.2, 0) is 22.6 Å². The van der Waals surface area contributed by atoms with E-state index in [-0.39, 0.29) is 30.5 Å². The predicted octanol–water partition coefficient (Wildman–Crippen LogP) is 5.86. The summed E-state index contributed by atoms with van der Waals surface area (Å²) >= 11 is 6.49. The molecule has 3 aliphatic heterocycles. The van der Waals surface area contributed by atoms with Gasteiger partial charge in [0.1, 0.15) is 11.9 Å². The Morgan fingerprint density at radius 1 is 0.911 bits per heavy atom. The molecule has 3 aliphatic rings. The molecule has 0 aliphatic carbocycles. The van der Waals surface area contributed by atoms with Gasteiger partial charge in [-0.25, -0.2) is 9.24 Å². The molecule has 1 N–H and O–H groups in total. The van der Waals surface area contributed by atoms with Crippen LogP contribution in [0.5, 0.6) is 0 Å². The van der Waals surface area contributed by atoms with Gasteiger partial charge in [0.15, 0.2) is 5.69 Å². The van der Waals surface area contributed by atoms with E-state index in [0.717, 1.165) is 41.5 Å². The predicted molar refractivity (Wildman–Crippen MR) is 171 cm³/mol. The van der Waals surface area contributed by atoms with Crippen molar-refractivity contribution < 1.29 is 18.8 Å². The van der Waals surface area contributed by atoms with E-state index in [9.17, 15) is 18.8 Å². The molecule has 3 heterocycles. The van der Waals surface area contributed by atoms with Crippen LogP contribution in [0.15, 0.2) is 66.7 Å². The number of hydrogen-bond acceptors (Lipinski definition) is 5. The van der Waals surface area contributed by atoms with Gasteiger partial charge in [-0.1, -0.05) is 48.0 Å². The van der Waals surface area contributed by atoms with Crippen LogP contribution in [0, 0.1) is 12.4 Å². The standard InChI is InChI=1S/C35H29ClFN5O3/c1-38-25-7-9-29(28(37)19-25)41-14-12-40(13-15-41)20-22-4-2-21(3-5-22)16-23-6-8-30-33-26(23)17-24(36)18-27(33)35(45)42(30)31-10-11-32(43)39-34(31)44/h2-9,17-19,31H,10-16,20H2,(H,39,43,44). The zero-order valence-corrected chi connectivity index (χ0v) is 25.1. The topological polar surface area (TPSA) is 77.3 Å². The first-order valence-electron chi connectivity index (χ1n) is 14.9. The minimum Gasteiger partial charge on any atom is -0.367 e. The van der Waals surface area contributed by atoms with Crippen LogP contribution < -0.4 is 15.1 Å². The summed E-state index contributed by atoms with van der Waals surface area (Å²) in [6.07, 6.45) is 1.10. The molecule has 1 atom stereocenters. The van der Waals surface area contributed by atoms with Gasteiger partial charge in [-0.15, -0.1) is 0 Å². The SMILES string of the molecule is [C-]#[N+]c1ccc(N2CCN(Cc3ccc(Cc4ccc5c6c(cc(Cl)cc46)C(=O)N5C4CCC(=O)NC4=O)cc3)CC2)c(F)c1. The third-order valence-corrected chi connectivity index (χ3v) is 9.19. The van der Waals surface area contributed by atoms with Crippen molar-refractivity contribution in [1.29, 1.82) is 0 Å². The third-order valence-electron chi connectivity index (χ3n) is 8.98. The lowest BCUT2D eigenvalue weighted by Crippen LogP contribution is -2.53. The first-order valence-corrected chi connectivity index (χ1v) is 15.3. The lowest BCUT2D eigenvalue weighted by Gasteiger charge is -2.36. The lowest BCUT2D eigenvalue weighted by atomic mass is 9.95. The molecule has 2 fully saturated rings. The van der Waals surface area contributed by atoms with E-state index in [4.69, 9.17) is 18.2 Å². The zero-order valence-electron chi connectivity index (χ0n) is 24.4. The van der Waals surface area contributed by atoms with E-state index in [1.807, 2.05) is 23.1 Å². The smallest absolute Gasteiger partial charge is 0.259 e. The number of nitrogens with one attached hydrogen (secondary N) is 1. The first kappa shape index (κ1) is 29.0. The molecule has 0 aromatic heterocycles. The summed E-state index contributed by atoms with van der Waals surface area (Å²) in [5.41, 5.74) is 5.32. The van der Waals surface area contributed by atoms with Crippen LogP contribution in [0.2, 0.25) is 5.02 Å². The maximum atomic E-state index is 14.5. The van der Waals surface area contributed by atoms with Gasteiger partial charge in [0.2, 0.25) is 11.8 Å². The molecule has 7 rings (SSSR count). The molecule has 45 heavy (non-hydrogen) atoms. The highest BCUT2D eigenvalue weighted by Crippen LogP contribution is 2.43. The fourth-order valence-corrected chi connectivity index (χ4v) is 6.92. The Labute approximate surface area is 264 Å². The van der Waals surface area contributed by atoms with Crippen LogP contribution in [0.25, 0.3) is 15.6 Å². The van der Waals surface area contributed by atoms with Crippen LogP contribution in [0.4, 0.5) is 21.5 Å². The highest BCUT2D eigenvalue weighted by atomic mass is 35.5. The molecule has 0 spiro atoms. The van der Waals surface area contributed by atoms with E-state index < -0.39 is 11.9 Å². The van der Waals surface area contributed by atoms with Crippen molar-refractivity contribution in [1.82, 2.24) is 10.2 Å². The normalized spacial score (nSPS) is 18.4. The average Bonchev–Trinajstić information content (AvgIpc) is 3.31. The summed E-state index contributed by atoms with van der Waals surface area (Å²) in [6, 6.07) is 19.8. The van der Waals surface area contributed by atoms with Crippen molar-refractivity contribution in [2.75, 3.05) is 36.0 Å². The first-order chi connectivity index (χ1) is 21.8. The zero-order chi connectivity index (χ0) is 31.2. The minimum absolute atomic E-state index is 0.185. The number of rotatable bonds is 6. The summed E-state index contributed by atoms with van der Waals surface area (Å²) in [4.78, 5) is 47.1. The molecule has 8 nitrogen and oxygen atoms in total. The largest absolute Gasteiger partial charge is 0.367 e. The minimum atomic E-state index is -0.746. The fourth-order valence-electron chi connectivity index (χ4n) is 6.70. The Bertz CT molecular complexity index is 1910. The van der Waals surface area contributed by atoms with Gasteiger partial charge < -0.3 is 4.90 Å². The number of nitrogens with zero attached hydrogens (tertiary/aromatic N) is 4. The second kappa shape index (κ2) is 11.6. The highest BCUT2D eigenvalue weighted by Gasteiger charge is 2.41. The summed E-state index contributed by atoms with van der Waals surface area (Å²) < 4.78 is 14.5. The molecular weight excluding hydrogens is 593 g/mol. The molecule has 3 amide bonds. The van der Waals surface area contributed by atoms with E-state index in [1.165, 1.54) is 16.5 Å². The van der Waals surface area contributed by atoms with Gasteiger partial charge in [-0.05, 0) is 65.3 Å². The molecule has 1 unspecified atom stereocenters. The molecule has 0 saturated carbocycles. The Hall–Kier alpha value is -4.78. The summed E-state index contributed by atoms with van der Waals surface area (Å²) in [7, 11) is 0. The van der Waals surface area contributed by atoms with Crippen molar-refractivity contribution in [2.24, 2.45) is 0 Å². The number of piperazine rings is 1. The highest BCUT2D eigenvalue weighted by molar-refractivity contribution is 6.35. The summed E-state index contributed by atoms with van der Waals surface area (Å²) in [5, 5.41) is 4.47. The second-order valence-corrected chi connectivity index (χ2v) is 12.2. The average molecular weight is 622 g/mol. The summed E-state index contributed by atoms with van der Waals surface area (Å²) in [5.74, 6) is -1.42. The van der Waals surface area contributed by atoms with Crippen LogP contribution in [0.1, 0.15) is 39.9 Å². The Balaban J connectivity index is 1.05. The van der Waals surface area contributed by atoms with E-state index in [1.54, 1.807) is 18.2 Å². The van der Waals surface area contributed by atoms with Crippen LogP contribution >= 0.6 is 11.6 Å². The number of anilines is 2. The molecular formula is C35H29ClFN5O3. The van der Waals surface area contributed by atoms with Gasteiger partial charge >= 0.3 is 0 Å². The van der Waals surface area contributed by atoms with Gasteiger partial charge in [0, 0.05) is 49.6 Å². The fraction of sp³-hybridized carbons (Fsp3) is 0.257. The third kappa shape index (κ3) is 5.41. The molecule has 0 radical (unpaired) electrons. The van der Waals surface area contributed by atoms with Gasteiger partial charge in [0.25, 0.3) is 5.91 Å². The van der Waals surface area contributed by atoms with Gasteiger partial charge in [0.05, 0.1) is 23.5 Å². The van der Waals surface area contributed by atoms with Gasteiger partial charge in [-0.2, -0.15) is 0 Å². The molecule has 10 heteroatoms. The monoisotopic (exact) mass is 621 g/mol. The van der Waals surface area contributed by atoms with E-state index >= 15 is 0 Å². The second-order valence-electron chi connectivity index (χ2n) is 11.8.